The van der Waals surface area contributed by atoms with Crippen LogP contribution in [0, 0.1) is 23.2 Å². The van der Waals surface area contributed by atoms with Gasteiger partial charge in [0.05, 0.1) is 16.2 Å². The normalized spacial score (nSPS) is 11.3. The number of phenolic OH excluding ortho intramolecular Hbond substituents is 5. The Hall–Kier alpha value is -6.49. The molecule has 5 aromatic carbocycles. The first-order valence-electron chi connectivity index (χ1n) is 24.0. The van der Waals surface area contributed by atoms with Crippen molar-refractivity contribution < 1.29 is 54.1 Å². The van der Waals surface area contributed by atoms with Crippen LogP contribution in [0.15, 0.2) is 115 Å². The molecule has 0 aliphatic rings. The van der Waals surface area contributed by atoms with Gasteiger partial charge in [-0.1, -0.05) is 92.6 Å². The smallest absolute Gasteiger partial charge is 0.316 e. The Bertz CT molecular complexity index is 2370. The average Bonchev–Trinajstić information content (AvgIpc) is 3.31. The molecule has 5 rings (SSSR count). The van der Waals surface area contributed by atoms with E-state index in [2.05, 4.69) is 47.6 Å². The fourth-order valence-electron chi connectivity index (χ4n) is 5.17. The number of esters is 3. The molecule has 0 bridgehead atoms. The Labute approximate surface area is 418 Å². The molecule has 0 saturated carbocycles. The third kappa shape index (κ3) is 21.0. The molecule has 11 nitrogen and oxygen atoms in total. The monoisotopic (exact) mass is 967 g/mol. The van der Waals surface area contributed by atoms with Crippen LogP contribution in [0.4, 0.5) is 0 Å². The van der Waals surface area contributed by atoms with Crippen molar-refractivity contribution in [3.8, 4) is 46.0 Å². The minimum Gasteiger partial charge on any atom is -0.508 e. The van der Waals surface area contributed by atoms with Crippen molar-refractivity contribution in [2.24, 2.45) is 16.2 Å². The minimum absolute atomic E-state index is 0.0922. The van der Waals surface area contributed by atoms with Gasteiger partial charge in [0.25, 0.3) is 0 Å². The van der Waals surface area contributed by atoms with E-state index in [4.69, 9.17) is 24.4 Å². The fourth-order valence-corrected chi connectivity index (χ4v) is 5.17. The largest absolute Gasteiger partial charge is 0.508 e. The molecule has 70 heavy (non-hydrogen) atoms. The van der Waals surface area contributed by atoms with Gasteiger partial charge in [-0.2, -0.15) is 0 Å². The number of phenols is 5. The van der Waals surface area contributed by atoms with Gasteiger partial charge in [-0.15, -0.1) is 0 Å². The van der Waals surface area contributed by atoms with Crippen LogP contribution in [0.5, 0.6) is 46.0 Å². The van der Waals surface area contributed by atoms with Gasteiger partial charge in [-0.3, -0.25) is 14.4 Å². The maximum atomic E-state index is 11.8. The third-order valence-corrected chi connectivity index (χ3v) is 12.8. The van der Waals surface area contributed by atoms with E-state index in [1.54, 1.807) is 61.5 Å². The Kier molecular flexibility index (Phi) is 24.3. The van der Waals surface area contributed by atoms with Crippen LogP contribution < -0.4 is 14.2 Å². The first kappa shape index (κ1) is 61.5. The average molecular weight is 967 g/mol. The second-order valence-electron chi connectivity index (χ2n) is 20.4. The van der Waals surface area contributed by atoms with E-state index in [0.29, 0.717) is 40.7 Å². The number of aromatic hydroxyl groups is 5. The van der Waals surface area contributed by atoms with Crippen molar-refractivity contribution >= 4 is 17.9 Å². The zero-order valence-electron chi connectivity index (χ0n) is 44.7. The van der Waals surface area contributed by atoms with E-state index in [9.17, 15) is 29.7 Å². The number of ether oxygens (including phenoxy) is 3. The first-order valence-corrected chi connectivity index (χ1v) is 24.0. The summed E-state index contributed by atoms with van der Waals surface area (Å²) in [6, 6.07) is 32.1. The Morgan fingerprint density at radius 2 is 0.743 bits per heavy atom. The highest BCUT2D eigenvalue weighted by atomic mass is 16.5. The summed E-state index contributed by atoms with van der Waals surface area (Å²) in [7, 11) is 0. The molecule has 5 aromatic rings. The van der Waals surface area contributed by atoms with E-state index in [1.807, 2.05) is 86.6 Å². The summed E-state index contributed by atoms with van der Waals surface area (Å²) in [5.41, 5.74) is 2.11. The van der Waals surface area contributed by atoms with Gasteiger partial charge in [0.2, 0.25) is 0 Å². The molecule has 0 radical (unpaired) electrons. The number of hydrogen-bond acceptors (Lipinski definition) is 11. The molecular weight excluding hydrogens is 885 g/mol. The molecule has 384 valence electrons. The maximum Gasteiger partial charge on any atom is 0.316 e. The second-order valence-corrected chi connectivity index (χ2v) is 20.4. The van der Waals surface area contributed by atoms with E-state index in [0.717, 1.165) is 25.7 Å². The van der Waals surface area contributed by atoms with E-state index in [-0.39, 0.29) is 46.0 Å². The highest BCUT2D eigenvalue weighted by Crippen LogP contribution is 2.31. The molecule has 0 unspecified atom stereocenters. The Balaban J connectivity index is 0.000000439. The topological polar surface area (TPSA) is 180 Å². The van der Waals surface area contributed by atoms with Crippen LogP contribution in [0.3, 0.4) is 0 Å². The molecule has 11 heteroatoms. The molecular formula is C59H82O11. The van der Waals surface area contributed by atoms with Crippen LogP contribution in [-0.4, -0.2) is 43.4 Å². The lowest BCUT2D eigenvalue weighted by Crippen LogP contribution is -2.28. The number of benzene rings is 5. The van der Waals surface area contributed by atoms with Gasteiger partial charge in [0.15, 0.2) is 0 Å². The predicted octanol–water partition coefficient (Wildman–Crippen LogP) is 14.7. The lowest BCUT2D eigenvalue weighted by Gasteiger charge is -2.23. The lowest BCUT2D eigenvalue weighted by atomic mass is 9.82. The number of aryl methyl sites for hydroxylation is 1. The SMILES string of the molecule is CCC(C)(C)C(=O)Oc1ccc(O)c(C)c1.CCC(C)(C)C(=O)Oc1ccc(O)cc1.CCC(C)(C)C(=O)Oc1cccc(O)c1.CCC(C)(C)c1ccc(O)cc1.CCC(C)(C)c1cccc(O)c1. The van der Waals surface area contributed by atoms with Crippen LogP contribution >= 0.6 is 0 Å². The number of carbonyl (C=O) groups excluding carboxylic acids is 3. The standard InChI is InChI=1S/C13H18O3.2C12H16O3.2C11H16O/c1-5-13(3,4)12(15)16-10-6-7-11(14)9(2)8-10;1-4-12(2,3)11(14)15-10-7-5-9(13)6-8-10;1-4-12(2,3)11(14)15-10-7-5-6-9(13)8-10;1-4-11(2,3)9-5-7-10(12)8-6-9;1-4-11(2,3)9-6-5-7-10(12)8-9/h6-8,14H,5H2,1-4H3;2*5-8,13H,4H2,1-3H3;2*5-8,12H,4H2,1-3H3. The van der Waals surface area contributed by atoms with Gasteiger partial charge in [0.1, 0.15) is 46.0 Å². The Morgan fingerprint density at radius 1 is 0.386 bits per heavy atom. The van der Waals surface area contributed by atoms with Crippen LogP contribution in [0.25, 0.3) is 0 Å². The van der Waals surface area contributed by atoms with Crippen LogP contribution in [0.2, 0.25) is 0 Å². The zero-order chi connectivity index (χ0) is 53.7. The van der Waals surface area contributed by atoms with Crippen LogP contribution in [0.1, 0.15) is 153 Å². The minimum atomic E-state index is -0.495. The van der Waals surface area contributed by atoms with Crippen molar-refractivity contribution in [1.29, 1.82) is 0 Å². The molecule has 0 atom stereocenters. The zero-order valence-corrected chi connectivity index (χ0v) is 44.7. The van der Waals surface area contributed by atoms with Gasteiger partial charge >= 0.3 is 17.9 Å². The molecule has 5 N–H and O–H groups in total. The molecule has 0 aromatic heterocycles. The number of hydrogen-bond donors (Lipinski definition) is 5. The number of carbonyl (C=O) groups is 3. The molecule has 0 amide bonds. The number of rotatable bonds is 13. The van der Waals surface area contributed by atoms with Crippen molar-refractivity contribution in [3.05, 3.63) is 132 Å². The van der Waals surface area contributed by atoms with Crippen LogP contribution in [-0.2, 0) is 25.2 Å². The summed E-state index contributed by atoms with van der Waals surface area (Å²) in [4.78, 5) is 35.1. The van der Waals surface area contributed by atoms with E-state index in [1.165, 1.54) is 41.5 Å². The van der Waals surface area contributed by atoms with E-state index >= 15 is 0 Å². The fraction of sp³-hybridized carbons (Fsp3) is 0.441. The summed E-state index contributed by atoms with van der Waals surface area (Å²) >= 11 is 0. The molecule has 0 heterocycles. The van der Waals surface area contributed by atoms with Gasteiger partial charge in [-0.25, -0.2) is 0 Å². The highest BCUT2D eigenvalue weighted by Gasteiger charge is 2.29. The summed E-state index contributed by atoms with van der Waals surface area (Å²) in [6.45, 7) is 31.7. The van der Waals surface area contributed by atoms with Crippen molar-refractivity contribution in [2.45, 2.75) is 154 Å². The van der Waals surface area contributed by atoms with Gasteiger partial charge in [-0.05, 0) is 187 Å². The van der Waals surface area contributed by atoms with E-state index < -0.39 is 16.2 Å². The van der Waals surface area contributed by atoms with Crippen molar-refractivity contribution in [1.82, 2.24) is 0 Å². The first-order chi connectivity index (χ1) is 32.4. The summed E-state index contributed by atoms with van der Waals surface area (Å²) < 4.78 is 15.6. The molecule has 0 saturated heterocycles. The highest BCUT2D eigenvalue weighted by molar-refractivity contribution is 5.79. The second kappa shape index (κ2) is 27.6. The van der Waals surface area contributed by atoms with Gasteiger partial charge in [0, 0.05) is 6.07 Å². The van der Waals surface area contributed by atoms with Crippen molar-refractivity contribution in [2.75, 3.05) is 0 Å². The molecule has 0 aliphatic heterocycles. The summed E-state index contributed by atoms with van der Waals surface area (Å²) in [6.07, 6.45) is 4.35. The quantitative estimate of drug-likeness (QED) is 0.0560. The maximum absolute atomic E-state index is 11.8. The molecule has 0 fully saturated rings. The molecule has 0 spiro atoms. The lowest BCUT2D eigenvalue weighted by molar-refractivity contribution is -0.144. The Morgan fingerprint density at radius 3 is 1.13 bits per heavy atom. The molecule has 0 aliphatic carbocycles. The van der Waals surface area contributed by atoms with Gasteiger partial charge < -0.3 is 39.7 Å². The summed E-state index contributed by atoms with van der Waals surface area (Å²) in [5.74, 6) is 1.67. The van der Waals surface area contributed by atoms with Crippen molar-refractivity contribution in [3.63, 3.8) is 0 Å². The summed E-state index contributed by atoms with van der Waals surface area (Å²) in [5, 5.41) is 46.0. The third-order valence-electron chi connectivity index (χ3n) is 12.8. The predicted molar refractivity (Wildman–Crippen MR) is 281 cm³/mol.